The molecular weight excluding hydrogens is 426 g/mol. The van der Waals surface area contributed by atoms with Crippen molar-refractivity contribution in [2.45, 2.75) is 40.7 Å². The van der Waals surface area contributed by atoms with Gasteiger partial charge in [0.25, 0.3) is 0 Å². The minimum atomic E-state index is 0.0505. The Bertz CT molecular complexity index is 1160. The van der Waals surface area contributed by atoms with Crippen molar-refractivity contribution in [2.75, 3.05) is 19.8 Å². The van der Waals surface area contributed by atoms with Crippen molar-refractivity contribution in [2.24, 2.45) is 0 Å². The second-order valence-corrected chi connectivity index (χ2v) is 8.43. The number of ether oxygens (including phenoxy) is 2. The third-order valence-electron chi connectivity index (χ3n) is 5.91. The lowest BCUT2D eigenvalue weighted by Gasteiger charge is -2.25. The number of benzene rings is 2. The molecule has 7 heteroatoms. The lowest BCUT2D eigenvalue weighted by molar-refractivity contribution is -0.130. The summed E-state index contributed by atoms with van der Waals surface area (Å²) in [4.78, 5) is 15.1. The molecule has 0 spiro atoms. The number of para-hydroxylation sites is 1. The Morgan fingerprint density at radius 2 is 1.94 bits per heavy atom. The Kier molecular flexibility index (Phi) is 6.42. The van der Waals surface area contributed by atoms with Gasteiger partial charge in [0.2, 0.25) is 5.91 Å². The van der Waals surface area contributed by atoms with Gasteiger partial charge in [-0.1, -0.05) is 29.8 Å². The fraction of sp³-hybridized carbons (Fsp3) is 0.360. The van der Waals surface area contributed by atoms with E-state index < -0.39 is 0 Å². The second-order valence-electron chi connectivity index (χ2n) is 8.02. The predicted molar refractivity (Wildman–Crippen MR) is 125 cm³/mol. The van der Waals surface area contributed by atoms with Crippen LogP contribution in [0, 0.1) is 20.8 Å². The first-order valence-corrected chi connectivity index (χ1v) is 11.2. The summed E-state index contributed by atoms with van der Waals surface area (Å²) in [5.74, 6) is 1.53. The molecule has 4 rings (SSSR count). The summed E-state index contributed by atoms with van der Waals surface area (Å²) in [5.41, 5.74) is 5.59. The van der Waals surface area contributed by atoms with Gasteiger partial charge >= 0.3 is 0 Å². The summed E-state index contributed by atoms with van der Waals surface area (Å²) in [6.07, 6.45) is 0.289. The van der Waals surface area contributed by atoms with Crippen molar-refractivity contribution in [3.8, 4) is 17.2 Å². The van der Waals surface area contributed by atoms with Crippen LogP contribution in [0.5, 0.6) is 11.5 Å². The molecule has 0 unspecified atom stereocenters. The SMILES string of the molecule is CCN(Cc1cccc2c1OCCO2)C(=O)Cc1c(C)nn(-c2ccc(C)c(Cl)c2)c1C. The van der Waals surface area contributed by atoms with E-state index in [0.29, 0.717) is 31.3 Å². The number of aromatic nitrogens is 2. The van der Waals surface area contributed by atoms with Crippen LogP contribution in [-0.4, -0.2) is 40.3 Å². The van der Waals surface area contributed by atoms with E-state index in [1.165, 1.54) is 0 Å². The van der Waals surface area contributed by atoms with Crippen LogP contribution < -0.4 is 9.47 Å². The summed E-state index contributed by atoms with van der Waals surface area (Å²) >= 11 is 6.31. The third-order valence-corrected chi connectivity index (χ3v) is 6.32. The van der Waals surface area contributed by atoms with Gasteiger partial charge in [-0.25, -0.2) is 4.68 Å². The van der Waals surface area contributed by atoms with E-state index in [-0.39, 0.29) is 12.3 Å². The number of hydrogen-bond acceptors (Lipinski definition) is 4. The molecule has 0 saturated heterocycles. The summed E-state index contributed by atoms with van der Waals surface area (Å²) in [6.45, 7) is 10.0. The van der Waals surface area contributed by atoms with Crippen LogP contribution in [0.15, 0.2) is 36.4 Å². The van der Waals surface area contributed by atoms with Crippen molar-refractivity contribution < 1.29 is 14.3 Å². The quantitative estimate of drug-likeness (QED) is 0.537. The molecule has 0 bridgehead atoms. The summed E-state index contributed by atoms with van der Waals surface area (Å²) in [5, 5.41) is 5.38. The maximum absolute atomic E-state index is 13.3. The molecule has 6 nitrogen and oxygen atoms in total. The Hall–Kier alpha value is -2.99. The van der Waals surface area contributed by atoms with Gasteiger partial charge in [-0.2, -0.15) is 5.10 Å². The molecule has 2 aromatic carbocycles. The van der Waals surface area contributed by atoms with E-state index in [0.717, 1.165) is 45.3 Å². The van der Waals surface area contributed by atoms with Crippen LogP contribution in [-0.2, 0) is 17.8 Å². The van der Waals surface area contributed by atoms with Gasteiger partial charge in [-0.3, -0.25) is 4.79 Å². The van der Waals surface area contributed by atoms with Crippen molar-refractivity contribution in [1.82, 2.24) is 14.7 Å². The van der Waals surface area contributed by atoms with E-state index in [4.69, 9.17) is 21.1 Å². The van der Waals surface area contributed by atoms with E-state index in [2.05, 4.69) is 5.10 Å². The molecule has 2 heterocycles. The van der Waals surface area contributed by atoms with Gasteiger partial charge < -0.3 is 14.4 Å². The molecule has 1 amide bonds. The van der Waals surface area contributed by atoms with Gasteiger partial charge in [0.15, 0.2) is 11.5 Å². The molecule has 0 radical (unpaired) electrons. The normalized spacial score (nSPS) is 12.7. The van der Waals surface area contributed by atoms with E-state index in [9.17, 15) is 4.79 Å². The number of nitrogens with zero attached hydrogens (tertiary/aromatic N) is 3. The first-order valence-electron chi connectivity index (χ1n) is 10.9. The minimum absolute atomic E-state index is 0.0505. The predicted octanol–water partition coefficient (Wildman–Crippen LogP) is 4.81. The van der Waals surface area contributed by atoms with Gasteiger partial charge in [0, 0.05) is 34.9 Å². The number of aryl methyl sites for hydroxylation is 2. The van der Waals surface area contributed by atoms with Crippen LogP contribution in [0.1, 0.15) is 35.0 Å². The van der Waals surface area contributed by atoms with Crippen molar-refractivity contribution in [3.05, 3.63) is 69.5 Å². The molecule has 0 atom stereocenters. The third kappa shape index (κ3) is 4.32. The zero-order valence-electron chi connectivity index (χ0n) is 18.9. The highest BCUT2D eigenvalue weighted by Gasteiger charge is 2.22. The lowest BCUT2D eigenvalue weighted by Crippen LogP contribution is -2.32. The first kappa shape index (κ1) is 22.2. The topological polar surface area (TPSA) is 56.6 Å². The Morgan fingerprint density at radius 1 is 1.16 bits per heavy atom. The monoisotopic (exact) mass is 453 g/mol. The molecule has 1 aromatic heterocycles. The van der Waals surface area contributed by atoms with E-state index in [1.807, 2.05) is 73.7 Å². The van der Waals surface area contributed by atoms with Gasteiger partial charge in [-0.05, 0) is 51.5 Å². The fourth-order valence-electron chi connectivity index (χ4n) is 4.00. The maximum Gasteiger partial charge on any atom is 0.227 e. The Morgan fingerprint density at radius 3 is 2.69 bits per heavy atom. The van der Waals surface area contributed by atoms with Crippen molar-refractivity contribution in [3.63, 3.8) is 0 Å². The molecule has 3 aromatic rings. The van der Waals surface area contributed by atoms with Crippen LogP contribution in [0.4, 0.5) is 0 Å². The molecule has 0 saturated carbocycles. The Balaban J connectivity index is 1.55. The van der Waals surface area contributed by atoms with E-state index >= 15 is 0 Å². The number of amides is 1. The number of rotatable bonds is 6. The molecular formula is C25H28ClN3O3. The zero-order valence-corrected chi connectivity index (χ0v) is 19.7. The second kappa shape index (κ2) is 9.25. The standard InChI is InChI=1S/C25H28ClN3O3/c1-5-28(15-19-7-6-8-23-25(19)32-12-11-31-23)24(30)14-21-17(3)27-29(18(21)4)20-10-9-16(2)22(26)13-20/h6-10,13H,5,11-12,14-15H2,1-4H3. The van der Waals surface area contributed by atoms with E-state index in [1.54, 1.807) is 0 Å². The van der Waals surface area contributed by atoms with Crippen molar-refractivity contribution in [1.29, 1.82) is 0 Å². The van der Waals surface area contributed by atoms with Gasteiger partial charge in [0.1, 0.15) is 13.2 Å². The van der Waals surface area contributed by atoms with Crippen LogP contribution in [0.2, 0.25) is 5.02 Å². The number of hydrogen-bond donors (Lipinski definition) is 0. The smallest absolute Gasteiger partial charge is 0.227 e. The lowest BCUT2D eigenvalue weighted by atomic mass is 10.1. The van der Waals surface area contributed by atoms with Crippen LogP contribution >= 0.6 is 11.6 Å². The number of halogens is 1. The average molecular weight is 454 g/mol. The minimum Gasteiger partial charge on any atom is -0.486 e. The molecule has 1 aliphatic rings. The van der Waals surface area contributed by atoms with Gasteiger partial charge in [0.05, 0.1) is 17.8 Å². The Labute approximate surface area is 193 Å². The summed E-state index contributed by atoms with van der Waals surface area (Å²) in [7, 11) is 0. The molecule has 1 aliphatic heterocycles. The highest BCUT2D eigenvalue weighted by molar-refractivity contribution is 6.31. The molecule has 0 fully saturated rings. The molecule has 168 valence electrons. The number of likely N-dealkylation sites (N-methyl/N-ethyl adjacent to an activating group) is 1. The maximum atomic E-state index is 13.3. The van der Waals surface area contributed by atoms with Crippen LogP contribution in [0.25, 0.3) is 5.69 Å². The summed E-state index contributed by atoms with van der Waals surface area (Å²) < 4.78 is 13.4. The number of carbonyl (C=O) groups is 1. The van der Waals surface area contributed by atoms with Gasteiger partial charge in [-0.15, -0.1) is 0 Å². The number of carbonyl (C=O) groups excluding carboxylic acids is 1. The van der Waals surface area contributed by atoms with Crippen LogP contribution in [0.3, 0.4) is 0 Å². The fourth-order valence-corrected chi connectivity index (χ4v) is 4.17. The highest BCUT2D eigenvalue weighted by Crippen LogP contribution is 2.34. The zero-order chi connectivity index (χ0) is 22.8. The number of fused-ring (bicyclic) bond motifs is 1. The average Bonchev–Trinajstić information content (AvgIpc) is 3.07. The summed E-state index contributed by atoms with van der Waals surface area (Å²) in [6, 6.07) is 11.7. The highest BCUT2D eigenvalue weighted by atomic mass is 35.5. The first-order chi connectivity index (χ1) is 15.4. The molecule has 32 heavy (non-hydrogen) atoms. The largest absolute Gasteiger partial charge is 0.486 e. The van der Waals surface area contributed by atoms with Crippen molar-refractivity contribution >= 4 is 17.5 Å². The molecule has 0 N–H and O–H groups in total. The molecule has 0 aliphatic carbocycles.